The largest absolute Gasteiger partial charge is 0.440 e. The monoisotopic (exact) mass is 483 g/mol. The molecule has 5 rings (SSSR count). The molecule has 1 amide bonds. The number of amides is 1. The maximum Gasteiger partial charge on any atom is 0.253 e. The molecule has 0 spiro atoms. The van der Waals surface area contributed by atoms with Crippen LogP contribution in [0.25, 0.3) is 11.1 Å². The minimum Gasteiger partial charge on any atom is -0.440 e. The lowest BCUT2D eigenvalue weighted by molar-refractivity contribution is 0.0706. The first-order valence-electron chi connectivity index (χ1n) is 10.5. The Kier molecular flexibility index (Phi) is 6.22. The number of hydrogen-bond donors (Lipinski definition) is 0. The lowest BCUT2D eigenvalue weighted by Gasteiger charge is -2.30. The van der Waals surface area contributed by atoms with Crippen LogP contribution in [0.4, 0.5) is 0 Å². The van der Waals surface area contributed by atoms with Gasteiger partial charge in [0.05, 0.1) is 10.7 Å². The predicted octanol–water partition coefficient (Wildman–Crippen LogP) is 6.56. The van der Waals surface area contributed by atoms with Gasteiger partial charge in [0.1, 0.15) is 5.52 Å². The number of carbonyl (C=O) groups excluding carboxylic acids is 1. The van der Waals surface area contributed by atoms with E-state index in [9.17, 15) is 4.79 Å². The van der Waals surface area contributed by atoms with Crippen molar-refractivity contribution in [3.05, 3.63) is 75.0 Å². The summed E-state index contributed by atoms with van der Waals surface area (Å²) in [5.74, 6) is 1.89. The molecule has 32 heavy (non-hydrogen) atoms. The number of rotatable bonds is 5. The molecule has 5 nitrogen and oxygen atoms in total. The highest BCUT2D eigenvalue weighted by molar-refractivity contribution is 7.98. The van der Waals surface area contributed by atoms with Gasteiger partial charge in [-0.2, -0.15) is 0 Å². The van der Waals surface area contributed by atoms with E-state index in [-0.39, 0.29) is 11.8 Å². The van der Waals surface area contributed by atoms with E-state index < -0.39 is 0 Å². The van der Waals surface area contributed by atoms with Crippen LogP contribution in [0, 0.1) is 6.92 Å². The van der Waals surface area contributed by atoms with Crippen LogP contribution in [0.1, 0.15) is 45.7 Å². The molecule has 0 aliphatic carbocycles. The minimum atomic E-state index is 0.0828. The second-order valence-corrected chi connectivity index (χ2v) is 10.4. The first-order chi connectivity index (χ1) is 15.5. The number of nitrogens with zero attached hydrogens (tertiary/aromatic N) is 3. The molecule has 0 saturated carbocycles. The number of aryl methyl sites for hydroxylation is 1. The van der Waals surface area contributed by atoms with Crippen molar-refractivity contribution in [2.75, 3.05) is 13.1 Å². The van der Waals surface area contributed by atoms with Crippen molar-refractivity contribution in [3.8, 4) is 0 Å². The number of aromatic nitrogens is 2. The Bertz CT molecular complexity index is 1240. The second kappa shape index (κ2) is 9.25. The molecule has 2 aromatic carbocycles. The first-order valence-corrected chi connectivity index (χ1v) is 12.8. The summed E-state index contributed by atoms with van der Waals surface area (Å²) in [6.45, 7) is 3.41. The lowest BCUT2D eigenvalue weighted by atomic mass is 9.96. The number of carbonyl (C=O) groups is 1. The van der Waals surface area contributed by atoms with E-state index in [2.05, 4.69) is 15.3 Å². The molecule has 3 heterocycles. The number of thiazole rings is 1. The molecule has 4 aromatic rings. The average molecular weight is 484 g/mol. The summed E-state index contributed by atoms with van der Waals surface area (Å²) in [6.07, 6.45) is 1.68. The Morgan fingerprint density at radius 3 is 2.69 bits per heavy atom. The Balaban J connectivity index is 1.17. The van der Waals surface area contributed by atoms with E-state index in [1.807, 2.05) is 54.3 Å². The zero-order valence-electron chi connectivity index (χ0n) is 17.6. The SMILES string of the molecule is Cc1nc(CSc2ccc(C(=O)N3CCC(c4nc5cc(Cl)ccc5o4)CC3)cc2)cs1. The number of likely N-dealkylation sites (tertiary alicyclic amines) is 1. The van der Waals surface area contributed by atoms with Crippen LogP contribution in [0.2, 0.25) is 5.02 Å². The second-order valence-electron chi connectivity index (χ2n) is 7.90. The third-order valence-corrected chi connectivity index (χ3v) is 7.76. The molecule has 0 unspecified atom stereocenters. The summed E-state index contributed by atoms with van der Waals surface area (Å²) in [4.78, 5) is 25.2. The molecule has 1 aliphatic heterocycles. The maximum atomic E-state index is 13.0. The van der Waals surface area contributed by atoms with Crippen molar-refractivity contribution in [3.63, 3.8) is 0 Å². The van der Waals surface area contributed by atoms with Gasteiger partial charge in [-0.05, 0) is 62.2 Å². The summed E-state index contributed by atoms with van der Waals surface area (Å²) >= 11 is 9.46. The van der Waals surface area contributed by atoms with Gasteiger partial charge in [0, 0.05) is 45.6 Å². The minimum absolute atomic E-state index is 0.0828. The number of fused-ring (bicyclic) bond motifs is 1. The number of hydrogen-bond acceptors (Lipinski definition) is 6. The zero-order valence-corrected chi connectivity index (χ0v) is 20.0. The van der Waals surface area contributed by atoms with E-state index in [1.165, 1.54) is 0 Å². The fourth-order valence-corrected chi connectivity index (χ4v) is 5.61. The fourth-order valence-electron chi connectivity index (χ4n) is 3.93. The number of halogens is 1. The summed E-state index contributed by atoms with van der Waals surface area (Å²) < 4.78 is 5.93. The topological polar surface area (TPSA) is 59.2 Å². The van der Waals surface area contributed by atoms with Crippen LogP contribution in [0.15, 0.2) is 57.2 Å². The standard InChI is InChI=1S/C24H22ClN3O2S2/c1-15-26-19(13-31-15)14-32-20-5-2-17(3-6-20)24(29)28-10-8-16(9-11-28)23-27-21-12-18(25)4-7-22(21)30-23/h2-7,12-13,16H,8-11,14H2,1H3. The Labute approximate surface area is 199 Å². The molecule has 0 radical (unpaired) electrons. The fraction of sp³-hybridized carbons (Fsp3) is 0.292. The zero-order chi connectivity index (χ0) is 22.1. The number of piperidine rings is 1. The maximum absolute atomic E-state index is 13.0. The summed E-state index contributed by atoms with van der Waals surface area (Å²) in [5.41, 5.74) is 3.37. The number of benzene rings is 2. The number of thioether (sulfide) groups is 1. The molecule has 1 aliphatic rings. The van der Waals surface area contributed by atoms with Gasteiger partial charge in [-0.1, -0.05) is 11.6 Å². The molecule has 2 aromatic heterocycles. The van der Waals surface area contributed by atoms with Crippen LogP contribution >= 0.6 is 34.7 Å². The highest BCUT2D eigenvalue weighted by Gasteiger charge is 2.27. The Morgan fingerprint density at radius 1 is 1.19 bits per heavy atom. The van der Waals surface area contributed by atoms with Gasteiger partial charge in [-0.25, -0.2) is 9.97 Å². The van der Waals surface area contributed by atoms with Crippen molar-refractivity contribution < 1.29 is 9.21 Å². The van der Waals surface area contributed by atoms with Crippen molar-refractivity contribution in [1.82, 2.24) is 14.9 Å². The molecule has 0 bridgehead atoms. The van der Waals surface area contributed by atoms with Crippen LogP contribution in [-0.4, -0.2) is 33.9 Å². The highest BCUT2D eigenvalue weighted by atomic mass is 35.5. The van der Waals surface area contributed by atoms with Gasteiger partial charge < -0.3 is 9.32 Å². The van der Waals surface area contributed by atoms with Crippen LogP contribution in [0.3, 0.4) is 0 Å². The van der Waals surface area contributed by atoms with Crippen molar-refractivity contribution >= 4 is 51.7 Å². The Hall–Kier alpha value is -2.35. The van der Waals surface area contributed by atoms with E-state index in [0.717, 1.165) is 56.7 Å². The average Bonchev–Trinajstić information content (AvgIpc) is 3.43. The quantitative estimate of drug-likeness (QED) is 0.301. The third-order valence-electron chi connectivity index (χ3n) is 5.65. The Morgan fingerprint density at radius 2 is 1.97 bits per heavy atom. The molecule has 8 heteroatoms. The molecule has 0 N–H and O–H groups in total. The molecule has 0 atom stereocenters. The number of oxazole rings is 1. The molecular weight excluding hydrogens is 462 g/mol. The molecular formula is C24H22ClN3O2S2. The van der Waals surface area contributed by atoms with Crippen LogP contribution < -0.4 is 0 Å². The van der Waals surface area contributed by atoms with Crippen molar-refractivity contribution in [2.24, 2.45) is 0 Å². The molecule has 1 saturated heterocycles. The molecule has 164 valence electrons. The predicted molar refractivity (Wildman–Crippen MR) is 130 cm³/mol. The summed E-state index contributed by atoms with van der Waals surface area (Å²) in [7, 11) is 0. The van der Waals surface area contributed by atoms with E-state index in [4.69, 9.17) is 16.0 Å². The van der Waals surface area contributed by atoms with Crippen LogP contribution in [0.5, 0.6) is 0 Å². The molecule has 1 fully saturated rings. The van der Waals surface area contributed by atoms with E-state index in [0.29, 0.717) is 18.1 Å². The van der Waals surface area contributed by atoms with Crippen LogP contribution in [-0.2, 0) is 5.75 Å². The van der Waals surface area contributed by atoms with E-state index in [1.54, 1.807) is 23.1 Å². The van der Waals surface area contributed by atoms with Gasteiger partial charge >= 0.3 is 0 Å². The highest BCUT2D eigenvalue weighted by Crippen LogP contribution is 2.31. The third kappa shape index (κ3) is 4.70. The van der Waals surface area contributed by atoms with Gasteiger partial charge in [0.2, 0.25) is 0 Å². The smallest absolute Gasteiger partial charge is 0.253 e. The summed E-state index contributed by atoms with van der Waals surface area (Å²) in [6, 6.07) is 13.4. The summed E-state index contributed by atoms with van der Waals surface area (Å²) in [5, 5.41) is 3.84. The first kappa shape index (κ1) is 21.5. The van der Waals surface area contributed by atoms with Gasteiger partial charge in [0.15, 0.2) is 11.5 Å². The normalized spacial score (nSPS) is 14.9. The van der Waals surface area contributed by atoms with Gasteiger partial charge in [-0.3, -0.25) is 4.79 Å². The van der Waals surface area contributed by atoms with Gasteiger partial charge in [0.25, 0.3) is 5.91 Å². The van der Waals surface area contributed by atoms with E-state index >= 15 is 0 Å². The lowest BCUT2D eigenvalue weighted by Crippen LogP contribution is -2.37. The van der Waals surface area contributed by atoms with Crippen molar-refractivity contribution in [2.45, 2.75) is 36.3 Å². The van der Waals surface area contributed by atoms with Crippen molar-refractivity contribution in [1.29, 1.82) is 0 Å². The van der Waals surface area contributed by atoms with Gasteiger partial charge in [-0.15, -0.1) is 23.1 Å².